The van der Waals surface area contributed by atoms with Crippen LogP contribution in [-0.2, 0) is 6.42 Å². The van der Waals surface area contributed by atoms with E-state index in [9.17, 15) is 0 Å². The predicted octanol–water partition coefficient (Wildman–Crippen LogP) is 3.74. The van der Waals surface area contributed by atoms with Gasteiger partial charge in [-0.1, -0.05) is 35.9 Å². The van der Waals surface area contributed by atoms with Crippen LogP contribution < -0.4 is 10.5 Å². The van der Waals surface area contributed by atoms with Gasteiger partial charge in [0.2, 0.25) is 0 Å². The second-order valence-electron chi connectivity index (χ2n) is 5.61. The number of fused-ring (bicyclic) bond motifs is 1. The van der Waals surface area contributed by atoms with Gasteiger partial charge in [-0.05, 0) is 49.4 Å². The topological polar surface area (TPSA) is 59.1 Å². The molecule has 3 rings (SSSR count). The fourth-order valence-corrected chi connectivity index (χ4v) is 2.94. The van der Waals surface area contributed by atoms with Crippen LogP contribution in [0.15, 0.2) is 42.5 Å². The van der Waals surface area contributed by atoms with Gasteiger partial charge in [0.1, 0.15) is 17.7 Å². The van der Waals surface area contributed by atoms with Crippen LogP contribution in [0.25, 0.3) is 0 Å². The normalized spacial score (nSPS) is 17.1. The number of aryl methyl sites for hydroxylation is 2. The average Bonchev–Trinajstić information content (AvgIpc) is 2.49. The molecule has 3 nitrogen and oxygen atoms in total. The molecule has 2 aromatic carbocycles. The Kier molecular flexibility index (Phi) is 3.65. The van der Waals surface area contributed by atoms with Crippen LogP contribution in [-0.4, -0.2) is 5.84 Å². The van der Waals surface area contributed by atoms with Crippen LogP contribution in [0.1, 0.15) is 41.2 Å². The second kappa shape index (κ2) is 5.60. The summed E-state index contributed by atoms with van der Waals surface area (Å²) in [6, 6.07) is 14.3. The van der Waals surface area contributed by atoms with E-state index in [1.165, 1.54) is 11.1 Å². The van der Waals surface area contributed by atoms with E-state index < -0.39 is 0 Å². The predicted molar refractivity (Wildman–Crippen MR) is 84.9 cm³/mol. The van der Waals surface area contributed by atoms with Gasteiger partial charge >= 0.3 is 0 Å². The Morgan fingerprint density at radius 2 is 2.05 bits per heavy atom. The van der Waals surface area contributed by atoms with Crippen molar-refractivity contribution in [1.82, 2.24) is 0 Å². The fraction of sp³-hybridized carbons (Fsp3) is 0.278. The number of nitrogens with one attached hydrogen (secondary N) is 1. The molecule has 0 amide bonds. The van der Waals surface area contributed by atoms with Gasteiger partial charge in [0.25, 0.3) is 0 Å². The lowest BCUT2D eigenvalue weighted by molar-refractivity contribution is 0.183. The van der Waals surface area contributed by atoms with Crippen molar-refractivity contribution in [2.45, 2.75) is 32.3 Å². The van der Waals surface area contributed by atoms with Gasteiger partial charge < -0.3 is 10.5 Å². The van der Waals surface area contributed by atoms with Gasteiger partial charge in [-0.25, -0.2) is 0 Å². The SMILES string of the molecule is Cc1ccc(OC2CCCc3ccccc32)c(C(=N)N)c1. The third kappa shape index (κ3) is 2.77. The molecule has 108 valence electrons. The first-order valence-corrected chi connectivity index (χ1v) is 7.34. The van der Waals surface area contributed by atoms with E-state index in [1.807, 2.05) is 25.1 Å². The van der Waals surface area contributed by atoms with Gasteiger partial charge in [0.15, 0.2) is 0 Å². The number of hydrogen-bond donors (Lipinski definition) is 2. The van der Waals surface area contributed by atoms with E-state index in [0.29, 0.717) is 11.3 Å². The summed E-state index contributed by atoms with van der Waals surface area (Å²) in [5.41, 5.74) is 10.1. The van der Waals surface area contributed by atoms with E-state index in [0.717, 1.165) is 24.8 Å². The molecule has 1 unspecified atom stereocenters. The van der Waals surface area contributed by atoms with Crippen molar-refractivity contribution < 1.29 is 4.74 Å². The van der Waals surface area contributed by atoms with Crippen molar-refractivity contribution >= 4 is 5.84 Å². The molecule has 0 bridgehead atoms. The Balaban J connectivity index is 1.93. The average molecular weight is 280 g/mol. The van der Waals surface area contributed by atoms with E-state index >= 15 is 0 Å². The van der Waals surface area contributed by atoms with Crippen LogP contribution in [0.5, 0.6) is 5.75 Å². The minimum absolute atomic E-state index is 0.0516. The summed E-state index contributed by atoms with van der Waals surface area (Å²) < 4.78 is 6.21. The first kappa shape index (κ1) is 13.7. The Morgan fingerprint density at radius 3 is 2.86 bits per heavy atom. The van der Waals surface area contributed by atoms with Crippen molar-refractivity contribution in [3.05, 3.63) is 64.7 Å². The minimum Gasteiger partial charge on any atom is -0.485 e. The molecule has 0 heterocycles. The first-order valence-electron chi connectivity index (χ1n) is 7.34. The molecular weight excluding hydrogens is 260 g/mol. The Hall–Kier alpha value is -2.29. The van der Waals surface area contributed by atoms with Crippen molar-refractivity contribution in [2.24, 2.45) is 5.73 Å². The summed E-state index contributed by atoms with van der Waals surface area (Å²) in [6.45, 7) is 1.99. The number of nitrogen functional groups attached to an aromatic ring is 1. The zero-order valence-electron chi connectivity index (χ0n) is 12.2. The summed E-state index contributed by atoms with van der Waals surface area (Å²) in [4.78, 5) is 0. The number of rotatable bonds is 3. The fourth-order valence-electron chi connectivity index (χ4n) is 2.94. The Bertz CT molecular complexity index is 679. The highest BCUT2D eigenvalue weighted by Gasteiger charge is 2.22. The minimum atomic E-state index is 0.0516. The van der Waals surface area contributed by atoms with E-state index in [-0.39, 0.29) is 11.9 Å². The molecule has 0 radical (unpaired) electrons. The number of hydrogen-bond acceptors (Lipinski definition) is 2. The molecule has 1 aliphatic rings. The van der Waals surface area contributed by atoms with Crippen LogP contribution in [0.3, 0.4) is 0 Å². The molecule has 0 saturated heterocycles. The maximum atomic E-state index is 7.73. The lowest BCUT2D eigenvalue weighted by Crippen LogP contribution is -2.18. The van der Waals surface area contributed by atoms with E-state index in [1.54, 1.807) is 0 Å². The standard InChI is InChI=1S/C18H20N2O/c1-12-9-10-17(15(11-12)18(19)20)21-16-8-4-6-13-5-2-3-7-14(13)16/h2-3,5,7,9-11,16H,4,6,8H2,1H3,(H3,19,20). The number of benzene rings is 2. The van der Waals surface area contributed by atoms with Gasteiger partial charge in [-0.15, -0.1) is 0 Å². The number of ether oxygens (including phenoxy) is 1. The van der Waals surface area contributed by atoms with Crippen LogP contribution in [0, 0.1) is 12.3 Å². The Labute approximate surface area is 125 Å². The van der Waals surface area contributed by atoms with Crippen molar-refractivity contribution in [3.63, 3.8) is 0 Å². The quantitative estimate of drug-likeness (QED) is 0.664. The second-order valence-corrected chi connectivity index (χ2v) is 5.61. The summed E-state index contributed by atoms with van der Waals surface area (Å²) in [5.74, 6) is 0.757. The molecule has 2 aromatic rings. The van der Waals surface area contributed by atoms with E-state index in [2.05, 4.69) is 24.3 Å². The highest BCUT2D eigenvalue weighted by molar-refractivity contribution is 5.97. The molecule has 0 aliphatic heterocycles. The summed E-state index contributed by atoms with van der Waals surface area (Å²) in [7, 11) is 0. The highest BCUT2D eigenvalue weighted by atomic mass is 16.5. The smallest absolute Gasteiger partial charge is 0.131 e. The Morgan fingerprint density at radius 1 is 1.24 bits per heavy atom. The van der Waals surface area contributed by atoms with Gasteiger partial charge in [0, 0.05) is 0 Å². The highest BCUT2D eigenvalue weighted by Crippen LogP contribution is 2.34. The van der Waals surface area contributed by atoms with Crippen LogP contribution >= 0.6 is 0 Å². The molecule has 1 atom stereocenters. The molecular formula is C18H20N2O. The summed E-state index contributed by atoms with van der Waals surface area (Å²) in [6.07, 6.45) is 3.30. The monoisotopic (exact) mass is 280 g/mol. The van der Waals surface area contributed by atoms with Crippen molar-refractivity contribution in [3.8, 4) is 5.75 Å². The summed E-state index contributed by atoms with van der Waals surface area (Å²) in [5, 5.41) is 7.73. The number of nitrogens with two attached hydrogens (primary N) is 1. The van der Waals surface area contributed by atoms with Gasteiger partial charge in [-0.3, -0.25) is 5.41 Å². The lowest BCUT2D eigenvalue weighted by atomic mass is 9.89. The van der Waals surface area contributed by atoms with Crippen LogP contribution in [0.4, 0.5) is 0 Å². The molecule has 1 aliphatic carbocycles. The number of amidine groups is 1. The zero-order valence-corrected chi connectivity index (χ0v) is 12.2. The molecule has 3 N–H and O–H groups in total. The van der Waals surface area contributed by atoms with Crippen molar-refractivity contribution in [1.29, 1.82) is 5.41 Å². The molecule has 0 spiro atoms. The van der Waals surface area contributed by atoms with Gasteiger partial charge in [0.05, 0.1) is 5.56 Å². The van der Waals surface area contributed by atoms with Crippen molar-refractivity contribution in [2.75, 3.05) is 0 Å². The van der Waals surface area contributed by atoms with Crippen LogP contribution in [0.2, 0.25) is 0 Å². The third-order valence-electron chi connectivity index (χ3n) is 4.01. The lowest BCUT2D eigenvalue weighted by Gasteiger charge is -2.27. The maximum absolute atomic E-state index is 7.73. The zero-order chi connectivity index (χ0) is 14.8. The molecule has 21 heavy (non-hydrogen) atoms. The van der Waals surface area contributed by atoms with E-state index in [4.69, 9.17) is 15.9 Å². The third-order valence-corrected chi connectivity index (χ3v) is 4.01. The molecule has 3 heteroatoms. The molecule has 0 fully saturated rings. The largest absolute Gasteiger partial charge is 0.485 e. The first-order chi connectivity index (χ1) is 10.1. The van der Waals surface area contributed by atoms with Gasteiger partial charge in [-0.2, -0.15) is 0 Å². The summed E-state index contributed by atoms with van der Waals surface area (Å²) >= 11 is 0. The maximum Gasteiger partial charge on any atom is 0.131 e. The molecule has 0 aromatic heterocycles. The molecule has 0 saturated carbocycles.